The number of aromatic nitrogens is 3. The van der Waals surface area contributed by atoms with E-state index < -0.39 is 0 Å². The first-order valence-electron chi connectivity index (χ1n) is 4.45. The zero-order chi connectivity index (χ0) is 8.44. The van der Waals surface area contributed by atoms with Gasteiger partial charge < -0.3 is 10.3 Å². The number of hydrogen-bond acceptors (Lipinski definition) is 3. The first kappa shape index (κ1) is 7.73. The first-order valence-corrected chi connectivity index (χ1v) is 4.45. The molecule has 0 spiro atoms. The van der Waals surface area contributed by atoms with Crippen molar-refractivity contribution < 1.29 is 0 Å². The smallest absolute Gasteiger partial charge is 0.120 e. The molecule has 66 valence electrons. The van der Waals surface area contributed by atoms with Gasteiger partial charge in [0.05, 0.1) is 5.66 Å². The van der Waals surface area contributed by atoms with Crippen LogP contribution in [0.25, 0.3) is 0 Å². The largest absolute Gasteiger partial charge is 0.308 e. The minimum Gasteiger partial charge on any atom is -0.308 e. The molecule has 1 fully saturated rings. The molecule has 1 aromatic rings. The van der Waals surface area contributed by atoms with Gasteiger partial charge in [0.2, 0.25) is 0 Å². The average molecular weight is 166 g/mol. The van der Waals surface area contributed by atoms with Gasteiger partial charge in [-0.15, -0.1) is 10.2 Å². The molecule has 0 amide bonds. The Morgan fingerprint density at radius 1 is 1.08 bits per heavy atom. The van der Waals surface area contributed by atoms with Crippen molar-refractivity contribution in [1.82, 2.24) is 14.8 Å². The molecule has 1 aromatic heterocycles. The zero-order valence-corrected chi connectivity index (χ0v) is 7.11. The molecule has 0 aliphatic heterocycles. The summed E-state index contributed by atoms with van der Waals surface area (Å²) in [6.45, 7) is 0. The SMILES string of the molecule is NC1(n2cnnc2)CCCCC1. The third-order valence-corrected chi connectivity index (χ3v) is 2.65. The van der Waals surface area contributed by atoms with Gasteiger partial charge in [-0.25, -0.2) is 0 Å². The summed E-state index contributed by atoms with van der Waals surface area (Å²) in [5, 5.41) is 7.55. The van der Waals surface area contributed by atoms with Crippen molar-refractivity contribution in [3.05, 3.63) is 12.7 Å². The molecule has 4 nitrogen and oxygen atoms in total. The number of nitrogens with zero attached hydrogens (tertiary/aromatic N) is 3. The van der Waals surface area contributed by atoms with Crippen LogP contribution in [0.3, 0.4) is 0 Å². The monoisotopic (exact) mass is 166 g/mol. The molecular formula is C8H14N4. The second-order valence-electron chi connectivity index (χ2n) is 3.53. The summed E-state index contributed by atoms with van der Waals surface area (Å²) in [6.07, 6.45) is 9.26. The van der Waals surface area contributed by atoms with E-state index in [4.69, 9.17) is 5.73 Å². The first-order chi connectivity index (χ1) is 5.81. The lowest BCUT2D eigenvalue weighted by molar-refractivity contribution is 0.201. The van der Waals surface area contributed by atoms with Crippen LogP contribution in [0.15, 0.2) is 12.7 Å². The van der Waals surface area contributed by atoms with Crippen molar-refractivity contribution in [3.63, 3.8) is 0 Å². The molecular weight excluding hydrogens is 152 g/mol. The minimum atomic E-state index is -0.207. The van der Waals surface area contributed by atoms with Crippen molar-refractivity contribution >= 4 is 0 Å². The van der Waals surface area contributed by atoms with Gasteiger partial charge in [-0.2, -0.15) is 0 Å². The van der Waals surface area contributed by atoms with Crippen LogP contribution in [-0.4, -0.2) is 14.8 Å². The van der Waals surface area contributed by atoms with E-state index in [0.717, 1.165) is 12.8 Å². The van der Waals surface area contributed by atoms with Gasteiger partial charge in [-0.05, 0) is 25.7 Å². The van der Waals surface area contributed by atoms with Crippen LogP contribution in [0.2, 0.25) is 0 Å². The third kappa shape index (κ3) is 1.22. The predicted molar refractivity (Wildman–Crippen MR) is 45.3 cm³/mol. The average Bonchev–Trinajstić information content (AvgIpc) is 2.58. The number of hydrogen-bond donors (Lipinski definition) is 1. The van der Waals surface area contributed by atoms with Crippen molar-refractivity contribution in [1.29, 1.82) is 0 Å². The maximum absolute atomic E-state index is 6.21. The van der Waals surface area contributed by atoms with E-state index in [1.165, 1.54) is 19.3 Å². The highest BCUT2D eigenvalue weighted by Gasteiger charge is 2.28. The van der Waals surface area contributed by atoms with Gasteiger partial charge in [-0.1, -0.05) is 6.42 Å². The van der Waals surface area contributed by atoms with E-state index in [1.54, 1.807) is 12.7 Å². The van der Waals surface area contributed by atoms with Crippen molar-refractivity contribution in [3.8, 4) is 0 Å². The molecule has 2 N–H and O–H groups in total. The summed E-state index contributed by atoms with van der Waals surface area (Å²) in [5.74, 6) is 0. The van der Waals surface area contributed by atoms with Crippen LogP contribution in [0.4, 0.5) is 0 Å². The quantitative estimate of drug-likeness (QED) is 0.673. The molecule has 1 aliphatic carbocycles. The highest BCUT2D eigenvalue weighted by molar-refractivity contribution is 4.85. The Hall–Kier alpha value is -0.900. The lowest BCUT2D eigenvalue weighted by Crippen LogP contribution is -2.43. The molecule has 4 heteroatoms. The normalized spacial score (nSPS) is 22.4. The van der Waals surface area contributed by atoms with E-state index >= 15 is 0 Å². The maximum atomic E-state index is 6.21. The summed E-state index contributed by atoms with van der Waals surface area (Å²) in [5.41, 5.74) is 6.00. The highest BCUT2D eigenvalue weighted by atomic mass is 15.3. The predicted octanol–water partition coefficient (Wildman–Crippen LogP) is 0.854. The molecule has 0 unspecified atom stereocenters. The summed E-state index contributed by atoms with van der Waals surface area (Å²) in [7, 11) is 0. The fourth-order valence-electron chi connectivity index (χ4n) is 1.85. The number of rotatable bonds is 1. The molecule has 0 saturated heterocycles. The van der Waals surface area contributed by atoms with E-state index in [9.17, 15) is 0 Å². The summed E-state index contributed by atoms with van der Waals surface area (Å²) in [4.78, 5) is 0. The Morgan fingerprint density at radius 2 is 1.67 bits per heavy atom. The number of nitrogens with two attached hydrogens (primary N) is 1. The Bertz CT molecular complexity index is 236. The van der Waals surface area contributed by atoms with E-state index in [-0.39, 0.29) is 5.66 Å². The second-order valence-corrected chi connectivity index (χ2v) is 3.53. The van der Waals surface area contributed by atoms with Gasteiger partial charge in [0, 0.05) is 0 Å². The molecule has 2 rings (SSSR count). The fourth-order valence-corrected chi connectivity index (χ4v) is 1.85. The van der Waals surface area contributed by atoms with Crippen LogP contribution in [0.5, 0.6) is 0 Å². The summed E-state index contributed by atoms with van der Waals surface area (Å²) >= 11 is 0. The van der Waals surface area contributed by atoms with Crippen LogP contribution >= 0.6 is 0 Å². The zero-order valence-electron chi connectivity index (χ0n) is 7.11. The summed E-state index contributed by atoms with van der Waals surface area (Å²) in [6, 6.07) is 0. The van der Waals surface area contributed by atoms with Crippen LogP contribution < -0.4 is 5.73 Å². The van der Waals surface area contributed by atoms with Gasteiger partial charge in [-0.3, -0.25) is 0 Å². The molecule has 0 bridgehead atoms. The topological polar surface area (TPSA) is 56.7 Å². The third-order valence-electron chi connectivity index (χ3n) is 2.65. The van der Waals surface area contributed by atoms with Gasteiger partial charge in [0.1, 0.15) is 12.7 Å². The van der Waals surface area contributed by atoms with E-state index in [0.29, 0.717) is 0 Å². The molecule has 1 heterocycles. The minimum absolute atomic E-state index is 0.207. The molecule has 0 atom stereocenters. The van der Waals surface area contributed by atoms with E-state index in [1.807, 2.05) is 4.57 Å². The molecule has 1 aliphatic rings. The lowest BCUT2D eigenvalue weighted by atomic mass is 9.90. The Labute approximate surface area is 71.8 Å². The van der Waals surface area contributed by atoms with Gasteiger partial charge in [0.25, 0.3) is 0 Å². The van der Waals surface area contributed by atoms with Crippen molar-refractivity contribution in [2.24, 2.45) is 5.73 Å². The summed E-state index contributed by atoms with van der Waals surface area (Å²) < 4.78 is 1.94. The second kappa shape index (κ2) is 2.86. The van der Waals surface area contributed by atoms with E-state index in [2.05, 4.69) is 10.2 Å². The Morgan fingerprint density at radius 3 is 2.25 bits per heavy atom. The van der Waals surface area contributed by atoms with Gasteiger partial charge >= 0.3 is 0 Å². The fraction of sp³-hybridized carbons (Fsp3) is 0.750. The van der Waals surface area contributed by atoms with Crippen molar-refractivity contribution in [2.45, 2.75) is 37.8 Å². The Balaban J connectivity index is 2.19. The lowest BCUT2D eigenvalue weighted by Gasteiger charge is -2.33. The van der Waals surface area contributed by atoms with Gasteiger partial charge in [0.15, 0.2) is 0 Å². The molecule has 12 heavy (non-hydrogen) atoms. The Kier molecular flexibility index (Phi) is 1.84. The molecule has 1 saturated carbocycles. The highest BCUT2D eigenvalue weighted by Crippen LogP contribution is 2.29. The van der Waals surface area contributed by atoms with Crippen LogP contribution in [-0.2, 0) is 5.66 Å². The van der Waals surface area contributed by atoms with Crippen molar-refractivity contribution in [2.75, 3.05) is 0 Å². The van der Waals surface area contributed by atoms with Crippen LogP contribution in [0, 0.1) is 0 Å². The van der Waals surface area contributed by atoms with Crippen LogP contribution in [0.1, 0.15) is 32.1 Å². The standard InChI is InChI=1S/C8H14N4/c9-8(4-2-1-3-5-8)12-6-10-11-7-12/h6-7H,1-5,9H2. The molecule has 0 aromatic carbocycles. The maximum Gasteiger partial charge on any atom is 0.120 e. The molecule has 0 radical (unpaired) electrons.